The minimum absolute atomic E-state index is 0.0345. The number of rotatable bonds is 11. The van der Waals surface area contributed by atoms with Crippen LogP contribution >= 0.6 is 0 Å². The van der Waals surface area contributed by atoms with Gasteiger partial charge in [-0.2, -0.15) is 0 Å². The largest absolute Gasteiger partial charge is 0.420 e. The first kappa shape index (κ1) is 25.9. The Kier molecular flexibility index (Phi) is 11.2. The number of nitrogens with one attached hydrogen (secondary N) is 2. The summed E-state index contributed by atoms with van der Waals surface area (Å²) in [4.78, 5) is 28.2. The third-order valence-corrected chi connectivity index (χ3v) is 10.7. The van der Waals surface area contributed by atoms with Crippen LogP contribution in [0, 0.1) is 0 Å². The van der Waals surface area contributed by atoms with Gasteiger partial charge >= 0.3 is 12.1 Å². The maximum absolute atomic E-state index is 12.3. The smallest absolute Gasteiger partial charge is 0.317 e. The summed E-state index contributed by atoms with van der Waals surface area (Å²) < 4.78 is 11.3. The topological polar surface area (TPSA) is 83.1 Å². The van der Waals surface area contributed by atoms with Crippen molar-refractivity contribution >= 4 is 28.7 Å². The van der Waals surface area contributed by atoms with Gasteiger partial charge in [0.15, 0.2) is 16.6 Å². The Morgan fingerprint density at radius 1 is 0.828 bits per heavy atom. The van der Waals surface area contributed by atoms with Crippen LogP contribution in [0.25, 0.3) is 0 Å². The molecule has 0 unspecified atom stereocenters. The highest BCUT2D eigenvalue weighted by Gasteiger charge is 2.25. The first-order valence-corrected chi connectivity index (χ1v) is 17.1. The van der Waals surface area contributed by atoms with Gasteiger partial charge in [-0.1, -0.05) is 0 Å². The molecule has 0 radical (unpaired) electrons. The quantitative estimate of drug-likeness (QED) is 0.378. The summed E-state index contributed by atoms with van der Waals surface area (Å²) in [6, 6.07) is 2.00. The van der Waals surface area contributed by atoms with Gasteiger partial charge in [-0.3, -0.25) is 0 Å². The molecule has 8 nitrogen and oxygen atoms in total. The zero-order valence-electron chi connectivity index (χ0n) is 19.3. The molecule has 1 rings (SSSR count). The lowest BCUT2D eigenvalue weighted by molar-refractivity contribution is 0.143. The van der Waals surface area contributed by atoms with Crippen LogP contribution in [0.2, 0.25) is 38.3 Å². The highest BCUT2D eigenvalue weighted by atomic mass is 28.4. The monoisotopic (exact) mass is 446 g/mol. The molecule has 0 atom stereocenters. The standard InChI is InChI=1S/C19H42N4O4Si2/c1-7-27-29(5,6)17-9-11-21-19(25)23-14-12-22(13-15-23)18(24)20-10-8-16-28(3,4)26-2/h7-17H2,1-6H3,(H,20,24)(H,21,25). The number of carbonyl (C=O) groups is 2. The van der Waals surface area contributed by atoms with Crippen molar-refractivity contribution in [1.82, 2.24) is 20.4 Å². The number of nitrogens with zero attached hydrogens (tertiary/aromatic N) is 2. The molecule has 1 saturated heterocycles. The highest BCUT2D eigenvalue weighted by Crippen LogP contribution is 2.13. The minimum atomic E-state index is -1.58. The van der Waals surface area contributed by atoms with E-state index in [2.05, 4.69) is 36.8 Å². The molecule has 0 saturated carbocycles. The van der Waals surface area contributed by atoms with Crippen molar-refractivity contribution in [3.63, 3.8) is 0 Å². The first-order valence-electron chi connectivity index (χ1n) is 10.8. The summed E-state index contributed by atoms with van der Waals surface area (Å²) in [5.41, 5.74) is 0. The third kappa shape index (κ3) is 10.5. The van der Waals surface area contributed by atoms with Crippen molar-refractivity contribution in [3.05, 3.63) is 0 Å². The molecule has 4 amide bonds. The van der Waals surface area contributed by atoms with Crippen LogP contribution in [0.5, 0.6) is 0 Å². The predicted octanol–water partition coefficient (Wildman–Crippen LogP) is 2.90. The third-order valence-electron chi connectivity index (χ3n) is 5.41. The Hall–Kier alpha value is -1.11. The maximum Gasteiger partial charge on any atom is 0.317 e. The van der Waals surface area contributed by atoms with Gasteiger partial charge in [0.25, 0.3) is 0 Å². The lowest BCUT2D eigenvalue weighted by atomic mass is 10.3. The molecular formula is C19H42N4O4Si2. The SMILES string of the molecule is CCO[Si](C)(C)CCCNC(=O)N1CCN(C(=O)NCCC[Si](C)(C)OC)CC1. The average molecular weight is 447 g/mol. The van der Waals surface area contributed by atoms with Gasteiger partial charge in [0.05, 0.1) is 0 Å². The van der Waals surface area contributed by atoms with E-state index in [1.54, 1.807) is 16.9 Å². The highest BCUT2D eigenvalue weighted by molar-refractivity contribution is 6.71. The van der Waals surface area contributed by atoms with Crippen LogP contribution in [-0.4, -0.2) is 91.5 Å². The fourth-order valence-corrected chi connectivity index (χ4v) is 6.51. The zero-order valence-corrected chi connectivity index (χ0v) is 21.3. The van der Waals surface area contributed by atoms with Crippen LogP contribution in [0.1, 0.15) is 19.8 Å². The summed E-state index contributed by atoms with van der Waals surface area (Å²) in [7, 11) is -1.38. The predicted molar refractivity (Wildman–Crippen MR) is 122 cm³/mol. The first-order chi connectivity index (χ1) is 13.6. The Labute approximate surface area is 178 Å². The van der Waals surface area contributed by atoms with Crippen molar-refractivity contribution in [2.24, 2.45) is 0 Å². The summed E-state index contributed by atoms with van der Waals surface area (Å²) >= 11 is 0. The Morgan fingerprint density at radius 3 is 1.62 bits per heavy atom. The van der Waals surface area contributed by atoms with Crippen molar-refractivity contribution in [1.29, 1.82) is 0 Å². The number of urea groups is 2. The molecule has 1 heterocycles. The summed E-state index contributed by atoms with van der Waals surface area (Å²) in [5.74, 6) is 0. The second-order valence-electron chi connectivity index (χ2n) is 8.80. The molecule has 0 aromatic carbocycles. The maximum atomic E-state index is 12.3. The minimum Gasteiger partial charge on any atom is -0.420 e. The lowest BCUT2D eigenvalue weighted by Gasteiger charge is -2.34. The molecule has 170 valence electrons. The molecule has 2 N–H and O–H groups in total. The van der Waals surface area contributed by atoms with E-state index in [-0.39, 0.29) is 12.1 Å². The van der Waals surface area contributed by atoms with E-state index in [1.807, 2.05) is 6.92 Å². The van der Waals surface area contributed by atoms with Gasteiger partial charge in [-0.15, -0.1) is 0 Å². The van der Waals surface area contributed by atoms with E-state index < -0.39 is 16.6 Å². The van der Waals surface area contributed by atoms with Crippen LogP contribution in [0.3, 0.4) is 0 Å². The normalized spacial score (nSPS) is 15.4. The van der Waals surface area contributed by atoms with E-state index in [4.69, 9.17) is 8.85 Å². The van der Waals surface area contributed by atoms with Gasteiger partial charge in [0.1, 0.15) is 0 Å². The van der Waals surface area contributed by atoms with E-state index in [0.29, 0.717) is 39.3 Å². The molecule has 10 heteroatoms. The number of piperazine rings is 1. The molecule has 0 aromatic rings. The Morgan fingerprint density at radius 2 is 1.24 bits per heavy atom. The molecule has 29 heavy (non-hydrogen) atoms. The fourth-order valence-electron chi connectivity index (χ4n) is 3.32. The molecule has 1 aliphatic heterocycles. The molecule has 1 fully saturated rings. The molecule has 0 aliphatic carbocycles. The molecule has 0 aromatic heterocycles. The van der Waals surface area contributed by atoms with Gasteiger partial charge in [0, 0.05) is 53.0 Å². The number of hydrogen-bond donors (Lipinski definition) is 2. The van der Waals surface area contributed by atoms with Crippen LogP contribution in [0.15, 0.2) is 0 Å². The van der Waals surface area contributed by atoms with Crippen molar-refractivity contribution in [2.45, 2.75) is 58.0 Å². The average Bonchev–Trinajstić information content (AvgIpc) is 2.68. The van der Waals surface area contributed by atoms with E-state index in [9.17, 15) is 9.59 Å². The van der Waals surface area contributed by atoms with Gasteiger partial charge < -0.3 is 29.3 Å². The van der Waals surface area contributed by atoms with E-state index in [0.717, 1.165) is 31.5 Å². The van der Waals surface area contributed by atoms with Gasteiger partial charge in [0.2, 0.25) is 0 Å². The van der Waals surface area contributed by atoms with E-state index in [1.165, 1.54) is 0 Å². The number of carbonyl (C=O) groups excluding carboxylic acids is 2. The van der Waals surface area contributed by atoms with Crippen molar-refractivity contribution < 1.29 is 18.4 Å². The van der Waals surface area contributed by atoms with Crippen molar-refractivity contribution in [3.8, 4) is 0 Å². The van der Waals surface area contributed by atoms with Gasteiger partial charge in [-0.05, 0) is 58.0 Å². The molecular weight excluding hydrogens is 404 g/mol. The second kappa shape index (κ2) is 12.6. The molecule has 1 aliphatic rings. The molecule has 0 spiro atoms. The number of hydrogen-bond acceptors (Lipinski definition) is 4. The number of amides is 4. The second-order valence-corrected chi connectivity index (χ2v) is 17.5. The van der Waals surface area contributed by atoms with Crippen LogP contribution in [-0.2, 0) is 8.85 Å². The Bertz CT molecular complexity index is 512. The Balaban J connectivity index is 2.19. The summed E-state index contributed by atoms with van der Waals surface area (Å²) in [6.07, 6.45) is 1.88. The fraction of sp³-hybridized carbons (Fsp3) is 0.895. The zero-order chi connectivity index (χ0) is 21.9. The summed E-state index contributed by atoms with van der Waals surface area (Å²) in [6.45, 7) is 15.2. The van der Waals surface area contributed by atoms with Crippen LogP contribution in [0.4, 0.5) is 9.59 Å². The lowest BCUT2D eigenvalue weighted by Crippen LogP contribution is -2.55. The molecule has 0 bridgehead atoms. The van der Waals surface area contributed by atoms with Crippen molar-refractivity contribution in [2.75, 3.05) is 53.0 Å². The summed E-state index contributed by atoms with van der Waals surface area (Å²) in [5, 5.41) is 5.99. The van der Waals surface area contributed by atoms with Crippen LogP contribution < -0.4 is 10.6 Å². The van der Waals surface area contributed by atoms with Gasteiger partial charge in [-0.25, -0.2) is 9.59 Å². The van der Waals surface area contributed by atoms with E-state index >= 15 is 0 Å².